The van der Waals surface area contributed by atoms with E-state index >= 15 is 0 Å². The SMILES string of the molecule is C=C/C=C\C=C(/C)C(=O)/C(=C(/C=O)OC(C)C)C(C1=CC=C[C@H](C)C1)N(C)CCCN1C=CN=CC1. The molecule has 0 spiro atoms. The number of carbonyl (C=O) groups is 2. The van der Waals surface area contributed by atoms with Crippen LogP contribution in [0.2, 0.25) is 0 Å². The Morgan fingerprint density at radius 1 is 1.36 bits per heavy atom. The highest BCUT2D eigenvalue weighted by molar-refractivity contribution is 6.11. The molecule has 0 aromatic carbocycles. The Labute approximate surface area is 216 Å². The van der Waals surface area contributed by atoms with Crippen LogP contribution in [0.5, 0.6) is 0 Å². The van der Waals surface area contributed by atoms with Gasteiger partial charge < -0.3 is 9.64 Å². The molecule has 194 valence electrons. The number of ketones is 1. The van der Waals surface area contributed by atoms with Crippen molar-refractivity contribution in [3.05, 3.63) is 84.0 Å². The van der Waals surface area contributed by atoms with Crippen LogP contribution < -0.4 is 0 Å². The number of nitrogens with zero attached hydrogens (tertiary/aromatic N) is 3. The number of hydrogen-bond donors (Lipinski definition) is 0. The van der Waals surface area contributed by atoms with Crippen molar-refractivity contribution in [1.82, 2.24) is 9.80 Å². The molecule has 0 N–H and O–H groups in total. The maximum Gasteiger partial charge on any atom is 0.190 e. The Morgan fingerprint density at radius 3 is 2.75 bits per heavy atom. The number of Topliss-reactive ketones (excluding diaryl/α,β-unsaturated/α-hetero) is 1. The average molecular weight is 492 g/mol. The summed E-state index contributed by atoms with van der Waals surface area (Å²) in [6.07, 6.45) is 21.1. The van der Waals surface area contributed by atoms with Gasteiger partial charge in [0.05, 0.1) is 24.3 Å². The highest BCUT2D eigenvalue weighted by Gasteiger charge is 2.33. The molecule has 2 atom stereocenters. The molecule has 0 fully saturated rings. The number of aldehydes is 1. The molecule has 6 heteroatoms. The summed E-state index contributed by atoms with van der Waals surface area (Å²) in [6, 6.07) is -0.381. The summed E-state index contributed by atoms with van der Waals surface area (Å²) in [5.41, 5.74) is 2.02. The van der Waals surface area contributed by atoms with E-state index in [0.29, 0.717) is 23.4 Å². The Morgan fingerprint density at radius 2 is 2.14 bits per heavy atom. The number of likely N-dealkylation sites (N-methyl/N-ethyl adjacent to an activating group) is 1. The third-order valence-electron chi connectivity index (χ3n) is 6.05. The van der Waals surface area contributed by atoms with Crippen molar-refractivity contribution in [1.29, 1.82) is 0 Å². The lowest BCUT2D eigenvalue weighted by Gasteiger charge is -2.35. The summed E-state index contributed by atoms with van der Waals surface area (Å²) in [4.78, 5) is 34.7. The lowest BCUT2D eigenvalue weighted by atomic mass is 9.83. The van der Waals surface area contributed by atoms with E-state index in [0.717, 1.165) is 38.0 Å². The molecule has 0 amide bonds. The van der Waals surface area contributed by atoms with Gasteiger partial charge in [0, 0.05) is 31.7 Å². The fourth-order valence-electron chi connectivity index (χ4n) is 4.34. The molecule has 0 bridgehead atoms. The van der Waals surface area contributed by atoms with Crippen LogP contribution >= 0.6 is 0 Å². The molecule has 0 radical (unpaired) electrons. The van der Waals surface area contributed by atoms with Gasteiger partial charge in [-0.3, -0.25) is 19.5 Å². The molecule has 6 nitrogen and oxygen atoms in total. The van der Waals surface area contributed by atoms with E-state index in [-0.39, 0.29) is 23.7 Å². The molecule has 2 aliphatic rings. The third-order valence-corrected chi connectivity index (χ3v) is 6.05. The molecular formula is C30H41N3O3. The summed E-state index contributed by atoms with van der Waals surface area (Å²) in [5, 5.41) is 0. The minimum Gasteiger partial charge on any atom is -0.487 e. The largest absolute Gasteiger partial charge is 0.487 e. The highest BCUT2D eigenvalue weighted by Crippen LogP contribution is 2.31. The first-order valence-electron chi connectivity index (χ1n) is 12.6. The predicted octanol–water partition coefficient (Wildman–Crippen LogP) is 5.19. The normalized spacial score (nSPS) is 19.5. The van der Waals surface area contributed by atoms with Gasteiger partial charge in [-0.2, -0.15) is 0 Å². The molecule has 0 aromatic heterocycles. The first kappa shape index (κ1) is 29.0. The number of hydrogen-bond acceptors (Lipinski definition) is 6. The monoisotopic (exact) mass is 491 g/mol. The fourth-order valence-corrected chi connectivity index (χ4v) is 4.34. The predicted molar refractivity (Wildman–Crippen MR) is 149 cm³/mol. The van der Waals surface area contributed by atoms with E-state index in [9.17, 15) is 9.59 Å². The summed E-state index contributed by atoms with van der Waals surface area (Å²) in [7, 11) is 2.02. The third kappa shape index (κ3) is 8.76. The van der Waals surface area contributed by atoms with E-state index in [1.807, 2.05) is 39.4 Å². The molecule has 2 rings (SSSR count). The lowest BCUT2D eigenvalue weighted by molar-refractivity contribution is -0.114. The summed E-state index contributed by atoms with van der Waals surface area (Å²) in [6.45, 7) is 13.7. The number of rotatable bonds is 14. The van der Waals surface area contributed by atoms with Gasteiger partial charge >= 0.3 is 0 Å². The van der Waals surface area contributed by atoms with E-state index in [4.69, 9.17) is 4.74 Å². The van der Waals surface area contributed by atoms with Gasteiger partial charge in [0.25, 0.3) is 0 Å². The lowest BCUT2D eigenvalue weighted by Crippen LogP contribution is -2.41. The van der Waals surface area contributed by atoms with Crippen molar-refractivity contribution in [2.24, 2.45) is 10.9 Å². The van der Waals surface area contributed by atoms with Gasteiger partial charge in [-0.15, -0.1) is 0 Å². The van der Waals surface area contributed by atoms with Crippen LogP contribution in [0.15, 0.2) is 89.0 Å². The van der Waals surface area contributed by atoms with Crippen LogP contribution in [0.3, 0.4) is 0 Å². The van der Waals surface area contributed by atoms with E-state index in [2.05, 4.69) is 40.4 Å². The Balaban J connectivity index is 2.49. The molecule has 1 unspecified atom stereocenters. The van der Waals surface area contributed by atoms with E-state index in [1.165, 1.54) is 0 Å². The van der Waals surface area contributed by atoms with Crippen molar-refractivity contribution >= 4 is 18.3 Å². The average Bonchev–Trinajstić information content (AvgIpc) is 2.86. The first-order valence-corrected chi connectivity index (χ1v) is 12.6. The van der Waals surface area contributed by atoms with Crippen molar-refractivity contribution in [3.8, 4) is 0 Å². The van der Waals surface area contributed by atoms with Gasteiger partial charge in [-0.05, 0) is 57.7 Å². The quantitative estimate of drug-likeness (QED) is 0.145. The van der Waals surface area contributed by atoms with Gasteiger partial charge in [0.15, 0.2) is 17.8 Å². The zero-order chi connectivity index (χ0) is 26.5. The van der Waals surface area contributed by atoms with Crippen LogP contribution in [-0.4, -0.2) is 66.9 Å². The van der Waals surface area contributed by atoms with Crippen LogP contribution in [0.1, 0.15) is 40.5 Å². The molecule has 1 heterocycles. The van der Waals surface area contributed by atoms with Crippen molar-refractivity contribution in [2.45, 2.75) is 52.7 Å². The van der Waals surface area contributed by atoms with Gasteiger partial charge in [-0.1, -0.05) is 56.0 Å². The highest BCUT2D eigenvalue weighted by atomic mass is 16.5. The second-order valence-corrected chi connectivity index (χ2v) is 9.53. The maximum absolute atomic E-state index is 13.9. The van der Waals surface area contributed by atoms with Crippen molar-refractivity contribution in [2.75, 3.05) is 26.7 Å². The topological polar surface area (TPSA) is 62.2 Å². The number of allylic oxidation sites excluding steroid dienone is 9. The zero-order valence-electron chi connectivity index (χ0n) is 22.4. The second kappa shape index (κ2) is 15.0. The fraction of sp³-hybridized carbons (Fsp3) is 0.433. The van der Waals surface area contributed by atoms with Crippen LogP contribution in [0.4, 0.5) is 0 Å². The molecule has 1 aliphatic heterocycles. The minimum atomic E-state index is -0.381. The Bertz CT molecular complexity index is 995. The molecule has 36 heavy (non-hydrogen) atoms. The van der Waals surface area contributed by atoms with Crippen molar-refractivity contribution in [3.63, 3.8) is 0 Å². The van der Waals surface area contributed by atoms with Crippen LogP contribution in [-0.2, 0) is 14.3 Å². The molecule has 0 saturated carbocycles. The van der Waals surface area contributed by atoms with E-state index < -0.39 is 0 Å². The van der Waals surface area contributed by atoms with Crippen molar-refractivity contribution < 1.29 is 14.3 Å². The van der Waals surface area contributed by atoms with Gasteiger partial charge in [0.1, 0.15) is 0 Å². The number of aliphatic imine (C=N–C) groups is 1. The maximum atomic E-state index is 13.9. The zero-order valence-corrected chi connectivity index (χ0v) is 22.4. The second-order valence-electron chi connectivity index (χ2n) is 9.53. The van der Waals surface area contributed by atoms with Crippen LogP contribution in [0, 0.1) is 5.92 Å². The van der Waals surface area contributed by atoms with E-state index in [1.54, 1.807) is 37.4 Å². The van der Waals surface area contributed by atoms with Crippen LogP contribution in [0.25, 0.3) is 0 Å². The van der Waals surface area contributed by atoms with Gasteiger partial charge in [-0.25, -0.2) is 0 Å². The molecule has 0 saturated heterocycles. The minimum absolute atomic E-state index is 0.102. The van der Waals surface area contributed by atoms with Gasteiger partial charge in [0.2, 0.25) is 0 Å². The standard InChI is InChI=1S/C30H41N3O3/c1-7-8-9-13-25(5)30(35)28(27(22-34)36-23(2)3)29(26-14-10-12-24(4)21-26)32(6)17-11-18-33-19-15-31-16-20-33/h7-10,12-16,19,22-24,29H,1,11,17-18,20-21H2,2-6H3/b9-8-,25-13+,28-27-/t24-,29?/m0/s1. The molecule has 1 aliphatic carbocycles. The first-order chi connectivity index (χ1) is 17.3. The summed E-state index contributed by atoms with van der Waals surface area (Å²) < 4.78 is 5.93. The molecular weight excluding hydrogens is 450 g/mol. The Kier molecular flexibility index (Phi) is 12.1. The summed E-state index contributed by atoms with van der Waals surface area (Å²) in [5.74, 6) is 0.250. The number of carbonyl (C=O) groups excluding carboxylic acids is 2. The number of ether oxygens (including phenoxy) is 1. The summed E-state index contributed by atoms with van der Waals surface area (Å²) >= 11 is 0. The smallest absolute Gasteiger partial charge is 0.190 e. The Hall–Kier alpha value is -3.25. The molecule has 0 aromatic rings.